The van der Waals surface area contributed by atoms with Crippen LogP contribution in [0.5, 0.6) is 5.75 Å². The molecule has 1 amide bonds. The summed E-state index contributed by atoms with van der Waals surface area (Å²) in [7, 11) is 0. The zero-order valence-corrected chi connectivity index (χ0v) is 14.0. The van der Waals surface area contributed by atoms with Gasteiger partial charge in [-0.15, -0.1) is 0 Å². The Labute approximate surface area is 150 Å². The molecule has 0 aliphatic heterocycles. The lowest BCUT2D eigenvalue weighted by Crippen LogP contribution is -2.48. The van der Waals surface area contributed by atoms with Gasteiger partial charge in [-0.3, -0.25) is 14.9 Å². The third-order valence-corrected chi connectivity index (χ3v) is 3.54. The third kappa shape index (κ3) is 7.67. The Morgan fingerprint density at radius 2 is 1.58 bits per heavy atom. The van der Waals surface area contributed by atoms with Gasteiger partial charge < -0.3 is 25.7 Å². The van der Waals surface area contributed by atoms with E-state index in [9.17, 15) is 24.6 Å². The SMILES string of the molecule is C=C(O)CC[C@H](NCC(=O)N[C@@H](Cc1ccc(O)cc1)C(=O)O)C(=O)O. The fourth-order valence-corrected chi connectivity index (χ4v) is 2.15. The molecule has 0 spiro atoms. The summed E-state index contributed by atoms with van der Waals surface area (Å²) in [6.07, 6.45) is 0.103. The molecule has 6 N–H and O–H groups in total. The number of aliphatic hydroxyl groups excluding tert-OH is 1. The predicted molar refractivity (Wildman–Crippen MR) is 91.8 cm³/mol. The van der Waals surface area contributed by atoms with Crippen LogP contribution in [0.3, 0.4) is 0 Å². The van der Waals surface area contributed by atoms with E-state index in [4.69, 9.17) is 10.2 Å². The zero-order chi connectivity index (χ0) is 19.7. The van der Waals surface area contributed by atoms with Crippen LogP contribution in [0.1, 0.15) is 18.4 Å². The molecule has 9 heteroatoms. The number of carbonyl (C=O) groups is 3. The summed E-state index contributed by atoms with van der Waals surface area (Å²) in [4.78, 5) is 34.3. The Hall–Kier alpha value is -3.07. The summed E-state index contributed by atoms with van der Waals surface area (Å²) in [5, 5.41) is 41.4. The van der Waals surface area contributed by atoms with Crippen molar-refractivity contribution in [3.8, 4) is 5.75 Å². The molecule has 0 aromatic heterocycles. The molecule has 26 heavy (non-hydrogen) atoms. The first kappa shape index (κ1) is 21.0. The Bertz CT molecular complexity index is 658. The van der Waals surface area contributed by atoms with Gasteiger partial charge in [-0.2, -0.15) is 0 Å². The van der Waals surface area contributed by atoms with Gasteiger partial charge in [0, 0.05) is 12.8 Å². The standard InChI is InChI=1S/C17H22N2O7/c1-10(20)2-7-13(16(23)24)18-9-15(22)19-14(17(25)26)8-11-3-5-12(21)6-4-11/h3-6,13-14,18,20-21H,1-2,7-9H2,(H,19,22)(H,23,24)(H,25,26)/t13-,14-/m0/s1. The molecule has 0 unspecified atom stereocenters. The van der Waals surface area contributed by atoms with Crippen LogP contribution in [0.25, 0.3) is 0 Å². The Balaban J connectivity index is 2.58. The number of benzene rings is 1. The number of carboxylic acids is 2. The minimum Gasteiger partial charge on any atom is -0.513 e. The maximum atomic E-state index is 11.9. The monoisotopic (exact) mass is 366 g/mol. The van der Waals surface area contributed by atoms with E-state index in [1.807, 2.05) is 0 Å². The minimum absolute atomic E-state index is 0.00799. The molecule has 0 aliphatic carbocycles. The zero-order valence-electron chi connectivity index (χ0n) is 14.0. The van der Waals surface area contributed by atoms with Crippen molar-refractivity contribution in [2.24, 2.45) is 0 Å². The molecule has 0 fully saturated rings. The number of rotatable bonds is 11. The van der Waals surface area contributed by atoms with Gasteiger partial charge in [0.05, 0.1) is 12.3 Å². The first-order valence-electron chi connectivity index (χ1n) is 7.82. The van der Waals surface area contributed by atoms with Gasteiger partial charge in [0.25, 0.3) is 0 Å². The van der Waals surface area contributed by atoms with Gasteiger partial charge in [0.2, 0.25) is 5.91 Å². The number of carboxylic acid groups (broad SMARTS) is 2. The number of phenolic OH excluding ortho intramolecular Hbond substituents is 1. The van der Waals surface area contributed by atoms with Gasteiger partial charge >= 0.3 is 11.9 Å². The molecule has 9 nitrogen and oxygen atoms in total. The summed E-state index contributed by atoms with van der Waals surface area (Å²) in [6.45, 7) is 2.87. The predicted octanol–water partition coefficient (Wildman–Crippen LogP) is 0.399. The lowest BCUT2D eigenvalue weighted by Gasteiger charge is -2.17. The second kappa shape index (κ2) is 10.0. The quantitative estimate of drug-likeness (QED) is 0.307. The van der Waals surface area contributed by atoms with Gasteiger partial charge in [0.15, 0.2) is 0 Å². The fourth-order valence-electron chi connectivity index (χ4n) is 2.15. The molecule has 1 aromatic carbocycles. The highest BCUT2D eigenvalue weighted by Gasteiger charge is 2.22. The summed E-state index contributed by atoms with van der Waals surface area (Å²) >= 11 is 0. The molecule has 2 atom stereocenters. The average molecular weight is 366 g/mol. The molecule has 0 radical (unpaired) electrons. The van der Waals surface area contributed by atoms with Crippen LogP contribution in [0.2, 0.25) is 0 Å². The lowest BCUT2D eigenvalue weighted by molar-refractivity contribution is -0.142. The highest BCUT2D eigenvalue weighted by Crippen LogP contribution is 2.11. The lowest BCUT2D eigenvalue weighted by atomic mass is 10.1. The molecule has 142 valence electrons. The van der Waals surface area contributed by atoms with E-state index in [1.165, 1.54) is 24.3 Å². The maximum Gasteiger partial charge on any atom is 0.326 e. The number of aliphatic carboxylic acids is 2. The van der Waals surface area contributed by atoms with Gasteiger partial charge in [-0.1, -0.05) is 18.7 Å². The van der Waals surface area contributed by atoms with Crippen molar-refractivity contribution < 1.29 is 34.8 Å². The van der Waals surface area contributed by atoms with Crippen molar-refractivity contribution in [2.75, 3.05) is 6.54 Å². The second-order valence-corrected chi connectivity index (χ2v) is 5.71. The molecule has 0 heterocycles. The van der Waals surface area contributed by atoms with Gasteiger partial charge in [0.1, 0.15) is 17.8 Å². The summed E-state index contributed by atoms with van der Waals surface area (Å²) in [6, 6.07) is 3.61. The minimum atomic E-state index is -1.24. The number of allylic oxidation sites excluding steroid dienone is 1. The second-order valence-electron chi connectivity index (χ2n) is 5.71. The van der Waals surface area contributed by atoms with E-state index in [1.54, 1.807) is 0 Å². The molecule has 1 aromatic rings. The molecular weight excluding hydrogens is 344 g/mol. The maximum absolute atomic E-state index is 11.9. The average Bonchev–Trinajstić information content (AvgIpc) is 2.55. The van der Waals surface area contributed by atoms with E-state index in [2.05, 4.69) is 17.2 Å². The number of hydrogen-bond acceptors (Lipinski definition) is 6. The largest absolute Gasteiger partial charge is 0.513 e. The first-order valence-corrected chi connectivity index (χ1v) is 7.82. The first-order chi connectivity index (χ1) is 12.2. The Morgan fingerprint density at radius 1 is 1.00 bits per heavy atom. The summed E-state index contributed by atoms with van der Waals surface area (Å²) < 4.78 is 0. The van der Waals surface area contributed by atoms with Crippen molar-refractivity contribution >= 4 is 17.8 Å². The van der Waals surface area contributed by atoms with Gasteiger partial charge in [-0.05, 0) is 24.1 Å². The van der Waals surface area contributed by atoms with Crippen LogP contribution >= 0.6 is 0 Å². The molecule has 0 bridgehead atoms. The number of amides is 1. The van der Waals surface area contributed by atoms with Gasteiger partial charge in [-0.25, -0.2) is 4.79 Å². The number of hydrogen-bond donors (Lipinski definition) is 6. The van der Waals surface area contributed by atoms with E-state index in [0.717, 1.165) is 0 Å². The Morgan fingerprint density at radius 3 is 2.08 bits per heavy atom. The number of nitrogens with one attached hydrogen (secondary N) is 2. The van der Waals surface area contributed by atoms with E-state index < -0.39 is 36.5 Å². The van der Waals surface area contributed by atoms with Crippen molar-refractivity contribution in [3.63, 3.8) is 0 Å². The highest BCUT2D eigenvalue weighted by atomic mass is 16.4. The molecule has 1 rings (SSSR count). The number of aliphatic hydroxyl groups is 1. The summed E-state index contributed by atoms with van der Waals surface area (Å²) in [5.74, 6) is -3.23. The van der Waals surface area contributed by atoms with Crippen LogP contribution in [0.4, 0.5) is 0 Å². The number of phenols is 1. The van der Waals surface area contributed by atoms with Crippen LogP contribution in [0, 0.1) is 0 Å². The van der Waals surface area contributed by atoms with Crippen LogP contribution < -0.4 is 10.6 Å². The van der Waals surface area contributed by atoms with Crippen LogP contribution in [0.15, 0.2) is 36.6 Å². The van der Waals surface area contributed by atoms with Crippen LogP contribution in [-0.4, -0.2) is 56.9 Å². The smallest absolute Gasteiger partial charge is 0.326 e. The van der Waals surface area contributed by atoms with Crippen molar-refractivity contribution in [2.45, 2.75) is 31.3 Å². The normalized spacial score (nSPS) is 12.8. The van der Waals surface area contributed by atoms with Crippen molar-refractivity contribution in [1.29, 1.82) is 0 Å². The topological polar surface area (TPSA) is 156 Å². The molecule has 0 saturated carbocycles. The highest BCUT2D eigenvalue weighted by molar-refractivity contribution is 5.85. The summed E-state index contributed by atoms with van der Waals surface area (Å²) in [5.41, 5.74) is 0.605. The molecular formula is C17H22N2O7. The van der Waals surface area contributed by atoms with E-state index >= 15 is 0 Å². The Kier molecular flexibility index (Phi) is 8.10. The fraction of sp³-hybridized carbons (Fsp3) is 0.353. The molecule has 0 saturated heterocycles. The van der Waals surface area contributed by atoms with E-state index in [-0.39, 0.29) is 30.8 Å². The van der Waals surface area contributed by atoms with E-state index in [0.29, 0.717) is 5.56 Å². The third-order valence-electron chi connectivity index (χ3n) is 3.54. The van der Waals surface area contributed by atoms with Crippen molar-refractivity contribution in [3.05, 3.63) is 42.2 Å². The van der Waals surface area contributed by atoms with Crippen LogP contribution in [-0.2, 0) is 20.8 Å². The molecule has 0 aliphatic rings. The number of aromatic hydroxyl groups is 1. The number of carbonyl (C=O) groups excluding carboxylic acids is 1. The van der Waals surface area contributed by atoms with Crippen molar-refractivity contribution in [1.82, 2.24) is 10.6 Å².